The summed E-state index contributed by atoms with van der Waals surface area (Å²) < 4.78 is 12.8. The summed E-state index contributed by atoms with van der Waals surface area (Å²) in [5.41, 5.74) is 10.9. The van der Waals surface area contributed by atoms with Crippen LogP contribution in [0.25, 0.3) is 11.1 Å². The molecule has 0 unspecified atom stereocenters. The summed E-state index contributed by atoms with van der Waals surface area (Å²) in [6.45, 7) is 2.83. The van der Waals surface area contributed by atoms with Crippen molar-refractivity contribution in [2.75, 3.05) is 18.6 Å². The summed E-state index contributed by atoms with van der Waals surface area (Å²) in [5, 5.41) is 4.59. The highest BCUT2D eigenvalue weighted by atomic mass is 16.6. The quantitative estimate of drug-likeness (QED) is 0.288. The van der Waals surface area contributed by atoms with Gasteiger partial charge in [0.25, 0.3) is 0 Å². The topological polar surface area (TPSA) is 99.7 Å². The summed E-state index contributed by atoms with van der Waals surface area (Å²) in [4.78, 5) is 27.5. The third-order valence-corrected chi connectivity index (χ3v) is 9.76. The van der Waals surface area contributed by atoms with Crippen molar-refractivity contribution in [2.45, 2.75) is 89.2 Å². The Balaban J connectivity index is 1.18. The zero-order valence-corrected chi connectivity index (χ0v) is 25.4. The van der Waals surface area contributed by atoms with Crippen LogP contribution in [-0.2, 0) is 9.53 Å². The first-order valence-electron chi connectivity index (χ1n) is 15.9. The molecule has 6 rings (SSSR count). The fourth-order valence-electron chi connectivity index (χ4n) is 7.11. The number of primary amides is 1. The first-order chi connectivity index (χ1) is 20.9. The van der Waals surface area contributed by atoms with Gasteiger partial charge >= 0.3 is 6.09 Å². The molecule has 2 aromatic carbocycles. The number of rotatable bonds is 9. The van der Waals surface area contributed by atoms with Crippen molar-refractivity contribution in [3.05, 3.63) is 66.0 Å². The van der Waals surface area contributed by atoms with E-state index in [2.05, 4.69) is 70.3 Å². The van der Waals surface area contributed by atoms with Crippen LogP contribution in [0.1, 0.15) is 87.3 Å². The summed E-state index contributed by atoms with van der Waals surface area (Å²) >= 11 is 0. The van der Waals surface area contributed by atoms with Crippen LogP contribution in [0.3, 0.4) is 0 Å². The van der Waals surface area contributed by atoms with Gasteiger partial charge in [0.2, 0.25) is 5.91 Å². The number of aryl methyl sites for hydroxylation is 1. The molecule has 1 heterocycles. The number of nitrogens with zero attached hydrogens (tertiary/aromatic N) is 3. The molecular weight excluding hydrogens is 540 g/mol. The molecule has 1 aromatic heterocycles. The van der Waals surface area contributed by atoms with Gasteiger partial charge in [0, 0.05) is 29.9 Å². The standard InChI is InChI=1S/C35H44N4O4/c1-23-18-28(12-17-33(23)42-2)25-8-6-24(7-9-25)21-38(34(40)26-10-15-32(16-11-26)43-35(36)41)31-5-3-4-27(19-31)29-20-37-39(22-29)30-13-14-30/h3-5,12,17-20,22,24-26,30,32H,6-11,13-16,21H2,1-2H3,(H2,36,41). The molecule has 2 amide bonds. The lowest BCUT2D eigenvalue weighted by Crippen LogP contribution is -2.42. The van der Waals surface area contributed by atoms with Crippen LogP contribution in [-0.4, -0.2) is 41.5 Å². The number of nitrogens with two attached hydrogens (primary N) is 1. The van der Waals surface area contributed by atoms with Gasteiger partial charge in [-0.25, -0.2) is 4.79 Å². The van der Waals surface area contributed by atoms with E-state index in [1.165, 1.54) is 24.0 Å². The normalized spacial score (nSPS) is 23.9. The van der Waals surface area contributed by atoms with E-state index in [0.29, 0.717) is 43.6 Å². The van der Waals surface area contributed by atoms with Crippen molar-refractivity contribution in [1.82, 2.24) is 9.78 Å². The number of aromatic nitrogens is 2. The minimum Gasteiger partial charge on any atom is -0.496 e. The highest BCUT2D eigenvalue weighted by Crippen LogP contribution is 2.40. The van der Waals surface area contributed by atoms with Gasteiger partial charge in [-0.05, 0) is 118 Å². The molecule has 8 heteroatoms. The highest BCUT2D eigenvalue weighted by molar-refractivity contribution is 5.95. The SMILES string of the molecule is COc1ccc(C2CCC(CN(C(=O)C3CCC(OC(N)=O)CC3)c3cccc(-c4cnn(C5CC5)c4)c3)CC2)cc1C. The molecule has 228 valence electrons. The van der Waals surface area contributed by atoms with Gasteiger partial charge in [-0.15, -0.1) is 0 Å². The lowest BCUT2D eigenvalue weighted by molar-refractivity contribution is -0.124. The third-order valence-electron chi connectivity index (χ3n) is 9.76. The zero-order valence-electron chi connectivity index (χ0n) is 25.4. The fraction of sp³-hybridized carbons (Fsp3) is 0.514. The molecule has 3 aliphatic rings. The molecule has 0 radical (unpaired) electrons. The molecular formula is C35H44N4O4. The van der Waals surface area contributed by atoms with Crippen LogP contribution in [0.15, 0.2) is 54.9 Å². The van der Waals surface area contributed by atoms with Crippen LogP contribution in [0, 0.1) is 18.8 Å². The second-order valence-electron chi connectivity index (χ2n) is 12.8. The van der Waals surface area contributed by atoms with E-state index >= 15 is 0 Å². The van der Waals surface area contributed by atoms with E-state index in [-0.39, 0.29) is 17.9 Å². The van der Waals surface area contributed by atoms with Crippen LogP contribution in [0.4, 0.5) is 10.5 Å². The second kappa shape index (κ2) is 12.8. The largest absolute Gasteiger partial charge is 0.496 e. The summed E-state index contributed by atoms with van der Waals surface area (Å²) in [5.74, 6) is 2.00. The number of carbonyl (C=O) groups is 2. The van der Waals surface area contributed by atoms with Gasteiger partial charge in [-0.3, -0.25) is 9.48 Å². The van der Waals surface area contributed by atoms with Crippen molar-refractivity contribution in [2.24, 2.45) is 17.6 Å². The average molecular weight is 585 g/mol. The third kappa shape index (κ3) is 6.89. The maximum atomic E-state index is 14.2. The molecule has 3 saturated carbocycles. The molecule has 0 saturated heterocycles. The molecule has 0 aliphatic heterocycles. The van der Waals surface area contributed by atoms with Crippen molar-refractivity contribution in [1.29, 1.82) is 0 Å². The fourth-order valence-corrected chi connectivity index (χ4v) is 7.11. The molecule has 0 bridgehead atoms. The summed E-state index contributed by atoms with van der Waals surface area (Å²) in [6.07, 6.45) is 12.7. The number of ether oxygens (including phenoxy) is 2. The van der Waals surface area contributed by atoms with Crippen molar-refractivity contribution in [3.8, 4) is 16.9 Å². The average Bonchev–Trinajstić information content (AvgIpc) is 3.76. The predicted octanol–water partition coefficient (Wildman–Crippen LogP) is 7.16. The molecule has 8 nitrogen and oxygen atoms in total. The number of benzene rings is 2. The Bertz CT molecular complexity index is 1430. The Hall–Kier alpha value is -3.81. The molecule has 3 fully saturated rings. The van der Waals surface area contributed by atoms with Crippen molar-refractivity contribution in [3.63, 3.8) is 0 Å². The maximum Gasteiger partial charge on any atom is 0.404 e. The van der Waals surface area contributed by atoms with E-state index in [4.69, 9.17) is 15.2 Å². The van der Waals surface area contributed by atoms with Crippen LogP contribution < -0.4 is 15.4 Å². The van der Waals surface area contributed by atoms with Crippen LogP contribution >= 0.6 is 0 Å². The van der Waals surface area contributed by atoms with Gasteiger partial charge < -0.3 is 20.1 Å². The van der Waals surface area contributed by atoms with Crippen molar-refractivity contribution < 1.29 is 19.1 Å². The van der Waals surface area contributed by atoms with Gasteiger partial charge in [0.1, 0.15) is 11.9 Å². The van der Waals surface area contributed by atoms with Gasteiger partial charge in [0.05, 0.1) is 19.3 Å². The number of hydrogen-bond donors (Lipinski definition) is 1. The van der Waals surface area contributed by atoms with Gasteiger partial charge in [-0.1, -0.05) is 24.3 Å². The lowest BCUT2D eigenvalue weighted by atomic mass is 9.78. The van der Waals surface area contributed by atoms with Crippen molar-refractivity contribution >= 4 is 17.7 Å². The first-order valence-corrected chi connectivity index (χ1v) is 15.9. The summed E-state index contributed by atoms with van der Waals surface area (Å²) in [6, 6.07) is 15.5. The zero-order chi connectivity index (χ0) is 29.9. The predicted molar refractivity (Wildman–Crippen MR) is 167 cm³/mol. The second-order valence-corrected chi connectivity index (χ2v) is 12.8. The van der Waals surface area contributed by atoms with Crippen LogP contribution in [0.2, 0.25) is 0 Å². The Kier molecular flexibility index (Phi) is 8.73. The number of methoxy groups -OCH3 is 1. The number of amides is 2. The smallest absolute Gasteiger partial charge is 0.404 e. The number of anilines is 1. The molecule has 0 atom stereocenters. The Labute approximate surface area is 254 Å². The summed E-state index contributed by atoms with van der Waals surface area (Å²) in [7, 11) is 1.72. The Morgan fingerprint density at radius 3 is 2.40 bits per heavy atom. The van der Waals surface area contributed by atoms with Gasteiger partial charge in [-0.2, -0.15) is 5.10 Å². The Morgan fingerprint density at radius 2 is 1.72 bits per heavy atom. The Morgan fingerprint density at radius 1 is 0.953 bits per heavy atom. The minimum absolute atomic E-state index is 0.0902. The maximum absolute atomic E-state index is 14.2. The van der Waals surface area contributed by atoms with Gasteiger partial charge in [0.15, 0.2) is 0 Å². The van der Waals surface area contributed by atoms with E-state index in [0.717, 1.165) is 54.8 Å². The van der Waals surface area contributed by atoms with Crippen LogP contribution in [0.5, 0.6) is 5.75 Å². The van der Waals surface area contributed by atoms with E-state index in [9.17, 15) is 9.59 Å². The highest BCUT2D eigenvalue weighted by Gasteiger charge is 2.34. The van der Waals surface area contributed by atoms with E-state index < -0.39 is 6.09 Å². The molecule has 2 N–H and O–H groups in total. The molecule has 3 aliphatic carbocycles. The monoisotopic (exact) mass is 584 g/mol. The molecule has 3 aromatic rings. The lowest BCUT2D eigenvalue weighted by Gasteiger charge is -2.36. The van der Waals surface area contributed by atoms with E-state index in [1.54, 1.807) is 7.11 Å². The number of carbonyl (C=O) groups excluding carboxylic acids is 2. The number of hydrogen-bond acceptors (Lipinski definition) is 5. The minimum atomic E-state index is -0.737. The van der Waals surface area contributed by atoms with E-state index in [1.807, 2.05) is 6.20 Å². The first kappa shape index (κ1) is 29.3. The molecule has 0 spiro atoms. The molecule has 43 heavy (non-hydrogen) atoms.